The van der Waals surface area contributed by atoms with Gasteiger partial charge in [-0.05, 0) is 6.42 Å². The SMILES string of the molecule is CCCS(=O)(=O)N1CCN(C(=O)C(C)CN)CC1. The first-order valence-corrected chi connectivity index (χ1v) is 8.00. The van der Waals surface area contributed by atoms with E-state index in [1.165, 1.54) is 4.31 Å². The smallest absolute Gasteiger partial charge is 0.226 e. The third kappa shape index (κ3) is 3.66. The standard InChI is InChI=1S/C11H23N3O3S/c1-3-8-18(16,17)14-6-4-13(5-7-14)11(15)10(2)9-12/h10H,3-9,12H2,1-2H3. The van der Waals surface area contributed by atoms with Crippen molar-refractivity contribution in [3.05, 3.63) is 0 Å². The number of sulfonamides is 1. The fourth-order valence-electron chi connectivity index (χ4n) is 1.99. The maximum Gasteiger partial charge on any atom is 0.226 e. The lowest BCUT2D eigenvalue weighted by molar-refractivity contribution is -0.135. The molecule has 0 aliphatic carbocycles. The largest absolute Gasteiger partial charge is 0.340 e. The van der Waals surface area contributed by atoms with Gasteiger partial charge in [-0.15, -0.1) is 0 Å². The molecule has 0 spiro atoms. The molecule has 1 saturated heterocycles. The van der Waals surface area contributed by atoms with Crippen LogP contribution in [0, 0.1) is 5.92 Å². The van der Waals surface area contributed by atoms with Crippen LogP contribution < -0.4 is 5.73 Å². The quantitative estimate of drug-likeness (QED) is 0.732. The zero-order valence-corrected chi connectivity index (χ0v) is 11.9. The van der Waals surface area contributed by atoms with Gasteiger partial charge in [-0.1, -0.05) is 13.8 Å². The van der Waals surface area contributed by atoms with E-state index < -0.39 is 10.0 Å². The molecule has 1 aliphatic heterocycles. The Labute approximate surface area is 109 Å². The molecule has 0 aromatic carbocycles. The predicted octanol–water partition coefficient (Wildman–Crippen LogP) is -0.535. The van der Waals surface area contributed by atoms with Crippen molar-refractivity contribution in [1.82, 2.24) is 9.21 Å². The molecular formula is C11H23N3O3S. The Bertz CT molecular complexity index is 375. The fraction of sp³-hybridized carbons (Fsp3) is 0.909. The van der Waals surface area contributed by atoms with Gasteiger partial charge in [0.05, 0.1) is 5.75 Å². The highest BCUT2D eigenvalue weighted by Crippen LogP contribution is 2.11. The van der Waals surface area contributed by atoms with Crippen molar-refractivity contribution in [2.75, 3.05) is 38.5 Å². The molecular weight excluding hydrogens is 254 g/mol. The Morgan fingerprint density at radius 3 is 2.28 bits per heavy atom. The number of amides is 1. The average Bonchev–Trinajstić information content (AvgIpc) is 2.37. The maximum absolute atomic E-state index is 11.9. The summed E-state index contributed by atoms with van der Waals surface area (Å²) < 4.78 is 25.2. The minimum atomic E-state index is -3.14. The molecule has 0 radical (unpaired) electrons. The number of hydrogen-bond donors (Lipinski definition) is 1. The predicted molar refractivity (Wildman–Crippen MR) is 70.4 cm³/mol. The molecule has 2 N–H and O–H groups in total. The summed E-state index contributed by atoms with van der Waals surface area (Å²) in [5.41, 5.74) is 5.46. The van der Waals surface area contributed by atoms with Gasteiger partial charge < -0.3 is 10.6 Å². The number of nitrogens with two attached hydrogens (primary N) is 1. The van der Waals surface area contributed by atoms with E-state index >= 15 is 0 Å². The summed E-state index contributed by atoms with van der Waals surface area (Å²) in [5, 5.41) is 0. The van der Waals surface area contributed by atoms with Crippen molar-refractivity contribution < 1.29 is 13.2 Å². The normalized spacial score (nSPS) is 19.8. The van der Waals surface area contributed by atoms with E-state index in [0.717, 1.165) is 0 Å². The maximum atomic E-state index is 11.9. The molecule has 0 aromatic heterocycles. The van der Waals surface area contributed by atoms with E-state index in [2.05, 4.69) is 0 Å². The second kappa shape index (κ2) is 6.49. The summed E-state index contributed by atoms with van der Waals surface area (Å²) >= 11 is 0. The van der Waals surface area contributed by atoms with E-state index in [1.54, 1.807) is 11.8 Å². The molecule has 6 nitrogen and oxygen atoms in total. The average molecular weight is 277 g/mol. The Morgan fingerprint density at radius 1 is 1.28 bits per heavy atom. The summed E-state index contributed by atoms with van der Waals surface area (Å²) in [4.78, 5) is 13.6. The first-order valence-electron chi connectivity index (χ1n) is 6.39. The Kier molecular flexibility index (Phi) is 5.55. The van der Waals surface area contributed by atoms with Crippen LogP contribution in [0.4, 0.5) is 0 Å². The first-order chi connectivity index (χ1) is 8.42. The Balaban J connectivity index is 2.54. The van der Waals surface area contributed by atoms with Crippen LogP contribution >= 0.6 is 0 Å². The molecule has 7 heteroatoms. The summed E-state index contributed by atoms with van der Waals surface area (Å²) in [5.74, 6) is 0.00833. The van der Waals surface area contributed by atoms with Crippen molar-refractivity contribution in [2.24, 2.45) is 11.7 Å². The molecule has 1 aliphatic rings. The summed E-state index contributed by atoms with van der Waals surface area (Å²) in [6.07, 6.45) is 0.617. The van der Waals surface area contributed by atoms with Crippen LogP contribution in [-0.2, 0) is 14.8 Å². The third-order valence-electron chi connectivity index (χ3n) is 3.18. The van der Waals surface area contributed by atoms with Gasteiger partial charge >= 0.3 is 0 Å². The van der Waals surface area contributed by atoms with Gasteiger partial charge in [0.25, 0.3) is 0 Å². The lowest BCUT2D eigenvalue weighted by Crippen LogP contribution is -2.52. The molecule has 1 amide bonds. The number of hydrogen-bond acceptors (Lipinski definition) is 4. The van der Waals surface area contributed by atoms with Gasteiger partial charge in [-0.3, -0.25) is 4.79 Å². The molecule has 1 heterocycles. The van der Waals surface area contributed by atoms with Crippen LogP contribution in [0.1, 0.15) is 20.3 Å². The number of nitrogens with zero attached hydrogens (tertiary/aromatic N) is 2. The van der Waals surface area contributed by atoms with E-state index in [4.69, 9.17) is 5.73 Å². The van der Waals surface area contributed by atoms with Crippen LogP contribution in [0.3, 0.4) is 0 Å². The highest BCUT2D eigenvalue weighted by Gasteiger charge is 2.29. The third-order valence-corrected chi connectivity index (χ3v) is 5.26. The molecule has 1 fully saturated rings. The monoisotopic (exact) mass is 277 g/mol. The minimum absolute atomic E-state index is 0.0186. The van der Waals surface area contributed by atoms with Crippen LogP contribution in [-0.4, -0.2) is 62.0 Å². The number of rotatable bonds is 5. The van der Waals surface area contributed by atoms with Crippen LogP contribution in [0.15, 0.2) is 0 Å². The highest BCUT2D eigenvalue weighted by atomic mass is 32.2. The Morgan fingerprint density at radius 2 is 1.83 bits per heavy atom. The van der Waals surface area contributed by atoms with Gasteiger partial charge in [0.1, 0.15) is 0 Å². The zero-order valence-electron chi connectivity index (χ0n) is 11.1. The van der Waals surface area contributed by atoms with E-state index in [1.807, 2.05) is 6.92 Å². The summed E-state index contributed by atoms with van der Waals surface area (Å²) in [7, 11) is -3.14. The molecule has 0 saturated carbocycles. The van der Waals surface area contributed by atoms with Gasteiger partial charge in [0.15, 0.2) is 0 Å². The van der Waals surface area contributed by atoms with Gasteiger partial charge in [-0.25, -0.2) is 8.42 Å². The first kappa shape index (κ1) is 15.4. The molecule has 1 unspecified atom stereocenters. The van der Waals surface area contributed by atoms with Crippen molar-refractivity contribution in [3.8, 4) is 0 Å². The van der Waals surface area contributed by atoms with Crippen molar-refractivity contribution in [2.45, 2.75) is 20.3 Å². The molecule has 1 rings (SSSR count). The molecule has 1 atom stereocenters. The highest BCUT2D eigenvalue weighted by molar-refractivity contribution is 7.89. The topological polar surface area (TPSA) is 83.7 Å². The van der Waals surface area contributed by atoms with Crippen molar-refractivity contribution in [1.29, 1.82) is 0 Å². The van der Waals surface area contributed by atoms with Gasteiger partial charge in [0.2, 0.25) is 15.9 Å². The van der Waals surface area contributed by atoms with E-state index in [9.17, 15) is 13.2 Å². The molecule has 18 heavy (non-hydrogen) atoms. The minimum Gasteiger partial charge on any atom is -0.340 e. The second-order valence-corrected chi connectivity index (χ2v) is 6.77. The van der Waals surface area contributed by atoms with Gasteiger partial charge in [-0.2, -0.15) is 4.31 Å². The Hall–Kier alpha value is -0.660. The van der Waals surface area contributed by atoms with Crippen LogP contribution in [0.2, 0.25) is 0 Å². The molecule has 106 valence electrons. The summed E-state index contributed by atoms with van der Waals surface area (Å²) in [6.45, 7) is 5.69. The lowest BCUT2D eigenvalue weighted by Gasteiger charge is -2.35. The van der Waals surface area contributed by atoms with Gasteiger partial charge in [0, 0.05) is 38.6 Å². The van der Waals surface area contributed by atoms with Crippen molar-refractivity contribution in [3.63, 3.8) is 0 Å². The fourth-order valence-corrected chi connectivity index (χ4v) is 3.48. The number of carbonyl (C=O) groups excluding carboxylic acids is 1. The molecule has 0 bridgehead atoms. The van der Waals surface area contributed by atoms with Crippen molar-refractivity contribution >= 4 is 15.9 Å². The molecule has 0 aromatic rings. The number of piperazine rings is 1. The van der Waals surface area contributed by atoms with E-state index in [0.29, 0.717) is 39.1 Å². The zero-order chi connectivity index (χ0) is 13.8. The van der Waals surface area contributed by atoms with Crippen LogP contribution in [0.5, 0.6) is 0 Å². The van der Waals surface area contributed by atoms with Crippen LogP contribution in [0.25, 0.3) is 0 Å². The second-order valence-electron chi connectivity index (χ2n) is 4.68. The van der Waals surface area contributed by atoms with E-state index in [-0.39, 0.29) is 17.6 Å². The summed E-state index contributed by atoms with van der Waals surface area (Å²) in [6, 6.07) is 0. The number of carbonyl (C=O) groups is 1. The lowest BCUT2D eigenvalue weighted by atomic mass is 10.1.